The third-order valence-electron chi connectivity index (χ3n) is 4.72. The number of nitriles is 1. The van der Waals surface area contributed by atoms with Crippen LogP contribution in [0.3, 0.4) is 0 Å². The summed E-state index contributed by atoms with van der Waals surface area (Å²) in [6.07, 6.45) is 0.934. The molecule has 0 radical (unpaired) electrons. The van der Waals surface area contributed by atoms with Gasteiger partial charge in [0.15, 0.2) is 0 Å². The van der Waals surface area contributed by atoms with E-state index >= 15 is 0 Å². The van der Waals surface area contributed by atoms with Crippen molar-refractivity contribution in [2.75, 3.05) is 19.8 Å². The van der Waals surface area contributed by atoms with E-state index in [9.17, 15) is 9.59 Å². The molecule has 7 nitrogen and oxygen atoms in total. The van der Waals surface area contributed by atoms with E-state index < -0.39 is 11.6 Å². The van der Waals surface area contributed by atoms with Gasteiger partial charge in [0.25, 0.3) is 5.91 Å². The minimum atomic E-state index is -1.21. The molecule has 1 unspecified atom stereocenters. The Kier molecular flexibility index (Phi) is 6.03. The first-order valence-electron chi connectivity index (χ1n) is 9.48. The van der Waals surface area contributed by atoms with E-state index in [1.54, 1.807) is 43.3 Å². The number of nitrogens with zero attached hydrogens (tertiary/aromatic N) is 2. The standard InChI is InChI=1S/C22H23N3O4/c1-3-12-28-18-7-9-19(10-8-18)29-13-11-25-20(26)22(2,24-21(25)27)17-6-4-5-16(14-17)15-23/h4-10,14H,3,11-13H2,1-2H3,(H,24,27). The van der Waals surface area contributed by atoms with Crippen molar-refractivity contribution in [1.82, 2.24) is 10.2 Å². The lowest BCUT2D eigenvalue weighted by molar-refractivity contribution is -0.131. The molecule has 0 saturated carbocycles. The Morgan fingerprint density at radius 3 is 2.34 bits per heavy atom. The lowest BCUT2D eigenvalue weighted by Crippen LogP contribution is -2.41. The van der Waals surface area contributed by atoms with Gasteiger partial charge >= 0.3 is 6.03 Å². The largest absolute Gasteiger partial charge is 0.494 e. The van der Waals surface area contributed by atoms with E-state index in [-0.39, 0.29) is 19.1 Å². The van der Waals surface area contributed by atoms with Crippen LogP contribution in [0.1, 0.15) is 31.4 Å². The van der Waals surface area contributed by atoms with Crippen molar-refractivity contribution in [2.45, 2.75) is 25.8 Å². The van der Waals surface area contributed by atoms with Crippen molar-refractivity contribution in [1.29, 1.82) is 5.26 Å². The molecule has 1 fully saturated rings. The topological polar surface area (TPSA) is 91.7 Å². The van der Waals surface area contributed by atoms with Crippen LogP contribution in [0.2, 0.25) is 0 Å². The average molecular weight is 393 g/mol. The van der Waals surface area contributed by atoms with Crippen LogP contribution in [0.4, 0.5) is 4.79 Å². The second kappa shape index (κ2) is 8.65. The summed E-state index contributed by atoms with van der Waals surface area (Å²) in [5.74, 6) is 1.03. The van der Waals surface area contributed by atoms with Crippen LogP contribution in [0.25, 0.3) is 0 Å². The van der Waals surface area contributed by atoms with Crippen LogP contribution in [-0.4, -0.2) is 36.6 Å². The van der Waals surface area contributed by atoms with Crippen LogP contribution < -0.4 is 14.8 Å². The predicted octanol–water partition coefficient (Wildman–Crippen LogP) is 3.19. The lowest BCUT2D eigenvalue weighted by atomic mass is 9.91. The van der Waals surface area contributed by atoms with Crippen molar-refractivity contribution in [3.05, 3.63) is 59.7 Å². The van der Waals surface area contributed by atoms with Gasteiger partial charge in [0, 0.05) is 0 Å². The molecule has 3 rings (SSSR count). The molecule has 2 aromatic rings. The summed E-state index contributed by atoms with van der Waals surface area (Å²) < 4.78 is 11.2. The number of hydrogen-bond donors (Lipinski definition) is 1. The Bertz CT molecular complexity index is 936. The van der Waals surface area contributed by atoms with Crippen LogP contribution in [-0.2, 0) is 10.3 Å². The van der Waals surface area contributed by atoms with Gasteiger partial charge < -0.3 is 14.8 Å². The van der Waals surface area contributed by atoms with Gasteiger partial charge in [-0.15, -0.1) is 0 Å². The summed E-state index contributed by atoms with van der Waals surface area (Å²) in [4.78, 5) is 26.4. The molecule has 1 N–H and O–H groups in total. The predicted molar refractivity (Wildman–Crippen MR) is 106 cm³/mol. The lowest BCUT2D eigenvalue weighted by Gasteiger charge is -2.22. The Morgan fingerprint density at radius 2 is 1.72 bits per heavy atom. The average Bonchev–Trinajstić information content (AvgIpc) is 2.97. The third kappa shape index (κ3) is 4.32. The number of urea groups is 1. The first kappa shape index (κ1) is 20.2. The highest BCUT2D eigenvalue weighted by atomic mass is 16.5. The van der Waals surface area contributed by atoms with E-state index in [1.165, 1.54) is 0 Å². The smallest absolute Gasteiger partial charge is 0.325 e. The number of imide groups is 1. The fourth-order valence-corrected chi connectivity index (χ4v) is 3.10. The van der Waals surface area contributed by atoms with Gasteiger partial charge in [0.2, 0.25) is 0 Å². The van der Waals surface area contributed by atoms with Crippen molar-refractivity contribution < 1.29 is 19.1 Å². The molecule has 1 atom stereocenters. The Labute approximate surface area is 169 Å². The first-order valence-corrected chi connectivity index (χ1v) is 9.48. The zero-order valence-electron chi connectivity index (χ0n) is 16.5. The Balaban J connectivity index is 1.61. The van der Waals surface area contributed by atoms with Gasteiger partial charge in [0.05, 0.1) is 24.8 Å². The van der Waals surface area contributed by atoms with E-state index in [0.29, 0.717) is 23.5 Å². The summed E-state index contributed by atoms with van der Waals surface area (Å²) in [5.41, 5.74) is -0.206. The molecule has 1 aliphatic heterocycles. The molecular formula is C22H23N3O4. The minimum Gasteiger partial charge on any atom is -0.494 e. The second-order valence-corrected chi connectivity index (χ2v) is 6.87. The fraction of sp³-hybridized carbons (Fsp3) is 0.318. The van der Waals surface area contributed by atoms with Gasteiger partial charge in [-0.3, -0.25) is 9.69 Å². The maximum Gasteiger partial charge on any atom is 0.325 e. The number of ether oxygens (including phenoxy) is 2. The van der Waals surface area contributed by atoms with Crippen molar-refractivity contribution >= 4 is 11.9 Å². The third-order valence-corrected chi connectivity index (χ3v) is 4.72. The molecule has 0 aliphatic carbocycles. The van der Waals surface area contributed by atoms with E-state index in [2.05, 4.69) is 5.32 Å². The van der Waals surface area contributed by atoms with Gasteiger partial charge in [-0.1, -0.05) is 19.1 Å². The molecular weight excluding hydrogens is 370 g/mol. The molecule has 2 aromatic carbocycles. The number of hydrogen-bond acceptors (Lipinski definition) is 5. The number of benzene rings is 2. The quantitative estimate of drug-likeness (QED) is 0.696. The molecule has 0 aromatic heterocycles. The number of amides is 3. The summed E-state index contributed by atoms with van der Waals surface area (Å²) in [6, 6.07) is 15.5. The summed E-state index contributed by atoms with van der Waals surface area (Å²) in [6.45, 7) is 4.62. The zero-order chi connectivity index (χ0) is 20.9. The van der Waals surface area contributed by atoms with Crippen molar-refractivity contribution in [3.8, 4) is 17.6 Å². The number of carbonyl (C=O) groups is 2. The molecule has 29 heavy (non-hydrogen) atoms. The first-order chi connectivity index (χ1) is 14.0. The fourth-order valence-electron chi connectivity index (χ4n) is 3.10. The van der Waals surface area contributed by atoms with Crippen LogP contribution >= 0.6 is 0 Å². The highest BCUT2D eigenvalue weighted by molar-refractivity contribution is 6.07. The normalized spacial score (nSPS) is 18.3. The molecule has 1 aliphatic rings. The Hall–Kier alpha value is -3.53. The number of carbonyl (C=O) groups excluding carboxylic acids is 2. The molecule has 7 heteroatoms. The summed E-state index contributed by atoms with van der Waals surface area (Å²) in [5, 5.41) is 11.8. The molecule has 1 heterocycles. The highest BCUT2D eigenvalue weighted by Crippen LogP contribution is 2.29. The zero-order valence-corrected chi connectivity index (χ0v) is 16.5. The SMILES string of the molecule is CCCOc1ccc(OCCN2C(=O)NC(C)(c3cccc(C#N)c3)C2=O)cc1. The molecule has 1 saturated heterocycles. The van der Waals surface area contributed by atoms with Gasteiger partial charge in [0.1, 0.15) is 23.6 Å². The monoisotopic (exact) mass is 393 g/mol. The van der Waals surface area contributed by atoms with Gasteiger partial charge in [-0.2, -0.15) is 5.26 Å². The summed E-state index contributed by atoms with van der Waals surface area (Å²) >= 11 is 0. The second-order valence-electron chi connectivity index (χ2n) is 6.87. The maximum atomic E-state index is 12.9. The molecule has 0 bridgehead atoms. The number of rotatable bonds is 8. The van der Waals surface area contributed by atoms with Crippen LogP contribution in [0.15, 0.2) is 48.5 Å². The maximum absolute atomic E-state index is 12.9. The minimum absolute atomic E-state index is 0.117. The van der Waals surface area contributed by atoms with E-state index in [0.717, 1.165) is 17.1 Å². The van der Waals surface area contributed by atoms with E-state index in [1.807, 2.05) is 25.1 Å². The van der Waals surface area contributed by atoms with Crippen LogP contribution in [0, 0.1) is 11.3 Å². The summed E-state index contributed by atoms with van der Waals surface area (Å²) in [7, 11) is 0. The highest BCUT2D eigenvalue weighted by Gasteiger charge is 2.48. The van der Waals surface area contributed by atoms with Gasteiger partial charge in [-0.05, 0) is 55.3 Å². The van der Waals surface area contributed by atoms with E-state index in [4.69, 9.17) is 14.7 Å². The molecule has 150 valence electrons. The van der Waals surface area contributed by atoms with Crippen molar-refractivity contribution in [3.63, 3.8) is 0 Å². The Morgan fingerprint density at radius 1 is 1.07 bits per heavy atom. The molecule has 0 spiro atoms. The van der Waals surface area contributed by atoms with Gasteiger partial charge in [-0.25, -0.2) is 4.79 Å². The van der Waals surface area contributed by atoms with Crippen LogP contribution in [0.5, 0.6) is 11.5 Å². The van der Waals surface area contributed by atoms with Crippen molar-refractivity contribution in [2.24, 2.45) is 0 Å². The molecule has 3 amide bonds. The number of nitrogens with one attached hydrogen (secondary N) is 1.